The normalized spacial score (nSPS) is 17.3. The zero-order valence-electron chi connectivity index (χ0n) is 20.8. The molecular weight excluding hydrogens is 448 g/mol. The Balaban J connectivity index is 2.15. The lowest BCUT2D eigenvalue weighted by Gasteiger charge is -2.28. The lowest BCUT2D eigenvalue weighted by atomic mass is 9.94. The predicted octanol–water partition coefficient (Wildman–Crippen LogP) is 3.95. The second-order valence-corrected chi connectivity index (χ2v) is 8.14. The first kappa shape index (κ1) is 26.1. The number of hydrogen-bond donors (Lipinski definition) is 2. The Labute approximate surface area is 206 Å². The first-order chi connectivity index (χ1) is 16.9. The van der Waals surface area contributed by atoms with Crippen LogP contribution in [0.25, 0.3) is 5.76 Å². The van der Waals surface area contributed by atoms with Crippen LogP contribution in [0.2, 0.25) is 0 Å². The number of carbonyl (C=O) groups is 2. The van der Waals surface area contributed by atoms with E-state index in [4.69, 9.17) is 9.47 Å². The molecule has 8 heteroatoms. The molecule has 1 aliphatic rings. The SMILES string of the molecule is CCOc1ccc(/C(O)=C2/C(=O)C(=O)N(CCN(CC)CC)C2c2cccc(O)c2)c(OCC)c1. The molecule has 0 bridgehead atoms. The number of ketones is 1. The lowest BCUT2D eigenvalue weighted by molar-refractivity contribution is -0.140. The number of Topliss-reactive ketones (excluding diaryl/α,β-unsaturated/α-hetero) is 1. The maximum absolute atomic E-state index is 13.3. The van der Waals surface area contributed by atoms with Gasteiger partial charge in [-0.25, -0.2) is 0 Å². The molecule has 0 radical (unpaired) electrons. The van der Waals surface area contributed by atoms with Crippen molar-refractivity contribution in [2.75, 3.05) is 39.4 Å². The molecule has 1 heterocycles. The first-order valence-electron chi connectivity index (χ1n) is 12.1. The van der Waals surface area contributed by atoms with E-state index in [0.29, 0.717) is 48.9 Å². The summed E-state index contributed by atoms with van der Waals surface area (Å²) >= 11 is 0. The van der Waals surface area contributed by atoms with E-state index in [1.807, 2.05) is 27.7 Å². The molecule has 0 aromatic heterocycles. The van der Waals surface area contributed by atoms with Gasteiger partial charge in [-0.3, -0.25) is 9.59 Å². The maximum atomic E-state index is 13.3. The number of amides is 1. The molecule has 1 saturated heterocycles. The van der Waals surface area contributed by atoms with Crippen molar-refractivity contribution in [2.24, 2.45) is 0 Å². The number of aliphatic hydroxyl groups is 1. The van der Waals surface area contributed by atoms with Crippen LogP contribution in [0.4, 0.5) is 0 Å². The van der Waals surface area contributed by atoms with Crippen LogP contribution in [0.1, 0.15) is 44.9 Å². The van der Waals surface area contributed by atoms with E-state index in [1.165, 1.54) is 17.0 Å². The fourth-order valence-electron chi connectivity index (χ4n) is 4.32. The Morgan fingerprint density at radius 1 is 1.00 bits per heavy atom. The Hall–Kier alpha value is -3.52. The van der Waals surface area contributed by atoms with Gasteiger partial charge in [0, 0.05) is 19.2 Å². The van der Waals surface area contributed by atoms with Crippen molar-refractivity contribution in [2.45, 2.75) is 33.7 Å². The van der Waals surface area contributed by atoms with Crippen molar-refractivity contribution in [3.05, 3.63) is 59.2 Å². The van der Waals surface area contributed by atoms with Gasteiger partial charge in [-0.1, -0.05) is 26.0 Å². The Morgan fingerprint density at radius 3 is 2.34 bits per heavy atom. The van der Waals surface area contributed by atoms with E-state index < -0.39 is 17.7 Å². The third-order valence-corrected chi connectivity index (χ3v) is 6.10. The minimum atomic E-state index is -0.848. The number of benzene rings is 2. The van der Waals surface area contributed by atoms with Crippen molar-refractivity contribution in [1.82, 2.24) is 9.80 Å². The molecule has 1 aliphatic heterocycles. The van der Waals surface area contributed by atoms with Crippen molar-refractivity contribution in [3.8, 4) is 17.2 Å². The summed E-state index contributed by atoms with van der Waals surface area (Å²) in [5, 5.41) is 21.5. The highest BCUT2D eigenvalue weighted by Gasteiger charge is 2.46. The minimum absolute atomic E-state index is 0.00732. The van der Waals surface area contributed by atoms with Crippen molar-refractivity contribution < 1.29 is 29.3 Å². The molecule has 2 N–H and O–H groups in total. The molecule has 1 atom stereocenters. The predicted molar refractivity (Wildman–Crippen MR) is 134 cm³/mol. The van der Waals surface area contributed by atoms with Crippen molar-refractivity contribution in [1.29, 1.82) is 0 Å². The summed E-state index contributed by atoms with van der Waals surface area (Å²) in [4.78, 5) is 30.0. The van der Waals surface area contributed by atoms with Gasteiger partial charge in [0.2, 0.25) is 0 Å². The summed E-state index contributed by atoms with van der Waals surface area (Å²) in [6.45, 7) is 11.0. The van der Waals surface area contributed by atoms with Crippen LogP contribution in [0.3, 0.4) is 0 Å². The van der Waals surface area contributed by atoms with Crippen LogP contribution in [-0.2, 0) is 9.59 Å². The molecule has 3 rings (SSSR count). The number of aliphatic hydroxyl groups excluding tert-OH is 1. The maximum Gasteiger partial charge on any atom is 0.295 e. The number of likely N-dealkylation sites (N-methyl/N-ethyl adjacent to an activating group) is 1. The Kier molecular flexibility index (Phi) is 8.76. The van der Waals surface area contributed by atoms with Crippen LogP contribution in [0, 0.1) is 0 Å². The monoisotopic (exact) mass is 482 g/mol. The number of aromatic hydroxyl groups is 1. The minimum Gasteiger partial charge on any atom is -0.508 e. The van der Waals surface area contributed by atoms with Crippen LogP contribution in [0.5, 0.6) is 17.2 Å². The smallest absolute Gasteiger partial charge is 0.295 e. The van der Waals surface area contributed by atoms with E-state index in [1.54, 1.807) is 30.3 Å². The average molecular weight is 483 g/mol. The molecule has 8 nitrogen and oxygen atoms in total. The summed E-state index contributed by atoms with van der Waals surface area (Å²) in [5.74, 6) is -0.860. The summed E-state index contributed by atoms with van der Waals surface area (Å²) in [6.07, 6.45) is 0. The lowest BCUT2D eigenvalue weighted by Crippen LogP contribution is -2.38. The van der Waals surface area contributed by atoms with Gasteiger partial charge in [0.15, 0.2) is 0 Å². The molecule has 35 heavy (non-hydrogen) atoms. The molecule has 188 valence electrons. The Morgan fingerprint density at radius 2 is 1.71 bits per heavy atom. The standard InChI is InChI=1S/C27H34N2O6/c1-5-28(6-2)14-15-29-24(18-10-9-11-19(30)16-18)23(26(32)27(29)33)25(31)21-13-12-20(34-7-3)17-22(21)35-8-4/h9-13,16-17,24,30-31H,5-8,14-15H2,1-4H3/b25-23-. The van der Waals surface area contributed by atoms with Crippen LogP contribution >= 0.6 is 0 Å². The number of phenols is 1. The third kappa shape index (κ3) is 5.59. The average Bonchev–Trinajstić information content (AvgIpc) is 3.10. The molecule has 1 fully saturated rings. The van der Waals surface area contributed by atoms with Gasteiger partial charge in [-0.15, -0.1) is 0 Å². The van der Waals surface area contributed by atoms with Crippen LogP contribution < -0.4 is 9.47 Å². The second kappa shape index (κ2) is 11.8. The Bertz CT molecular complexity index is 1090. The van der Waals surface area contributed by atoms with Gasteiger partial charge in [0.1, 0.15) is 23.0 Å². The second-order valence-electron chi connectivity index (χ2n) is 8.14. The number of carbonyl (C=O) groups excluding carboxylic acids is 2. The molecule has 1 unspecified atom stereocenters. The summed E-state index contributed by atoms with van der Waals surface area (Å²) < 4.78 is 11.3. The highest BCUT2D eigenvalue weighted by Crippen LogP contribution is 2.42. The summed E-state index contributed by atoms with van der Waals surface area (Å²) in [7, 11) is 0. The molecule has 0 spiro atoms. The van der Waals surface area contributed by atoms with E-state index in [-0.39, 0.29) is 17.1 Å². The zero-order valence-corrected chi connectivity index (χ0v) is 20.8. The molecule has 2 aromatic carbocycles. The van der Waals surface area contributed by atoms with Gasteiger partial charge < -0.3 is 29.5 Å². The zero-order chi connectivity index (χ0) is 25.5. The molecule has 2 aromatic rings. The summed E-state index contributed by atoms with van der Waals surface area (Å²) in [6, 6.07) is 10.5. The van der Waals surface area contributed by atoms with E-state index >= 15 is 0 Å². The number of phenolic OH excluding ortho intramolecular Hbond substituents is 1. The third-order valence-electron chi connectivity index (χ3n) is 6.10. The highest BCUT2D eigenvalue weighted by atomic mass is 16.5. The summed E-state index contributed by atoms with van der Waals surface area (Å²) in [5.41, 5.74) is 0.793. The molecular formula is C27H34N2O6. The van der Waals surface area contributed by atoms with Crippen molar-refractivity contribution >= 4 is 17.4 Å². The van der Waals surface area contributed by atoms with E-state index in [9.17, 15) is 19.8 Å². The van der Waals surface area contributed by atoms with Crippen molar-refractivity contribution in [3.63, 3.8) is 0 Å². The fraction of sp³-hybridized carbons (Fsp3) is 0.407. The number of ether oxygens (including phenoxy) is 2. The van der Waals surface area contributed by atoms with E-state index in [2.05, 4.69) is 4.90 Å². The highest BCUT2D eigenvalue weighted by molar-refractivity contribution is 6.46. The topological polar surface area (TPSA) is 99.5 Å². The van der Waals surface area contributed by atoms with E-state index in [0.717, 1.165) is 13.1 Å². The van der Waals surface area contributed by atoms with Crippen LogP contribution in [-0.4, -0.2) is 71.1 Å². The van der Waals surface area contributed by atoms with Gasteiger partial charge >= 0.3 is 0 Å². The van der Waals surface area contributed by atoms with Crippen LogP contribution in [0.15, 0.2) is 48.0 Å². The largest absolute Gasteiger partial charge is 0.508 e. The van der Waals surface area contributed by atoms with Gasteiger partial charge in [-0.2, -0.15) is 0 Å². The molecule has 0 aliphatic carbocycles. The van der Waals surface area contributed by atoms with Gasteiger partial charge in [0.25, 0.3) is 11.7 Å². The quantitative estimate of drug-likeness (QED) is 0.284. The number of likely N-dealkylation sites (tertiary alicyclic amines) is 1. The molecule has 0 saturated carbocycles. The number of hydrogen-bond acceptors (Lipinski definition) is 7. The first-order valence-corrected chi connectivity index (χ1v) is 12.1. The van der Waals surface area contributed by atoms with Gasteiger partial charge in [0.05, 0.1) is 30.4 Å². The van der Waals surface area contributed by atoms with Gasteiger partial charge in [-0.05, 0) is 56.8 Å². The number of rotatable bonds is 11. The fourth-order valence-corrected chi connectivity index (χ4v) is 4.32. The number of nitrogens with zero attached hydrogens (tertiary/aromatic N) is 2. The molecule has 1 amide bonds.